The molecule has 5 rings (SSSR count). The van der Waals surface area contributed by atoms with E-state index in [1.807, 2.05) is 35.8 Å². The molecule has 1 fully saturated rings. The van der Waals surface area contributed by atoms with Gasteiger partial charge in [-0.3, -0.25) is 9.36 Å². The topological polar surface area (TPSA) is 81.2 Å². The van der Waals surface area contributed by atoms with Crippen molar-refractivity contribution in [3.05, 3.63) is 56.4 Å². The molecular formula is C19H18ClN7OS2. The Hall–Kier alpha value is -2.43. The van der Waals surface area contributed by atoms with Crippen LogP contribution in [0.4, 0.5) is 5.95 Å². The van der Waals surface area contributed by atoms with Crippen LogP contribution in [0.2, 0.25) is 5.02 Å². The van der Waals surface area contributed by atoms with E-state index in [4.69, 9.17) is 11.6 Å². The lowest BCUT2D eigenvalue weighted by atomic mass is 10.3. The number of hydrogen-bond acceptors (Lipinski definition) is 8. The zero-order chi connectivity index (χ0) is 20.7. The second-order valence-electron chi connectivity index (χ2n) is 6.98. The average molecular weight is 460 g/mol. The monoisotopic (exact) mass is 459 g/mol. The number of rotatable bonds is 5. The number of hydrogen-bond donors (Lipinski definition) is 0. The van der Waals surface area contributed by atoms with Gasteiger partial charge in [-0.25, -0.2) is 4.98 Å². The second-order valence-corrected chi connectivity index (χ2v) is 9.52. The van der Waals surface area contributed by atoms with Crippen molar-refractivity contribution in [1.29, 1.82) is 0 Å². The standard InChI is InChI=1S/C19H18ClN7OS2/c1-12-24-27-16(28)10-14(21-18(27)30-12)11-29-19-23-22-17(25-7-2-3-8-25)26(19)15-6-4-5-13(20)9-15/h4-6,9-10H,2-3,7-8,11H2,1H3. The van der Waals surface area contributed by atoms with Crippen LogP contribution in [0, 0.1) is 6.92 Å². The van der Waals surface area contributed by atoms with Crippen molar-refractivity contribution in [2.45, 2.75) is 30.7 Å². The van der Waals surface area contributed by atoms with Gasteiger partial charge in [-0.15, -0.1) is 10.2 Å². The smallest absolute Gasteiger partial charge is 0.275 e. The molecule has 1 aliphatic heterocycles. The van der Waals surface area contributed by atoms with E-state index in [1.165, 1.54) is 33.7 Å². The summed E-state index contributed by atoms with van der Waals surface area (Å²) >= 11 is 9.15. The van der Waals surface area contributed by atoms with Crippen LogP contribution >= 0.6 is 34.7 Å². The van der Waals surface area contributed by atoms with Gasteiger partial charge in [0.1, 0.15) is 5.01 Å². The summed E-state index contributed by atoms with van der Waals surface area (Å²) in [4.78, 5) is 19.8. The number of anilines is 1. The Morgan fingerprint density at radius 2 is 2.03 bits per heavy atom. The minimum absolute atomic E-state index is 0.172. The highest BCUT2D eigenvalue weighted by atomic mass is 35.5. The van der Waals surface area contributed by atoms with E-state index in [0.29, 0.717) is 21.4 Å². The SMILES string of the molecule is Cc1nn2c(=O)cc(CSc3nnc(N4CCCC4)n3-c3cccc(Cl)c3)nc2s1. The Labute approximate surface area is 185 Å². The molecular weight excluding hydrogens is 442 g/mol. The van der Waals surface area contributed by atoms with Crippen molar-refractivity contribution in [3.63, 3.8) is 0 Å². The third-order valence-electron chi connectivity index (χ3n) is 4.82. The molecule has 0 saturated carbocycles. The van der Waals surface area contributed by atoms with Crippen LogP contribution in [0.15, 0.2) is 40.3 Å². The number of nitrogens with zero attached hydrogens (tertiary/aromatic N) is 7. The number of thioether (sulfide) groups is 1. The predicted molar refractivity (Wildman–Crippen MR) is 119 cm³/mol. The molecule has 1 saturated heterocycles. The Bertz CT molecular complexity index is 1280. The van der Waals surface area contributed by atoms with Crippen LogP contribution < -0.4 is 10.5 Å². The quantitative estimate of drug-likeness (QED) is 0.422. The highest BCUT2D eigenvalue weighted by Gasteiger charge is 2.23. The number of halogens is 1. The van der Waals surface area contributed by atoms with Crippen molar-refractivity contribution in [1.82, 2.24) is 29.4 Å². The van der Waals surface area contributed by atoms with Gasteiger partial charge in [0.2, 0.25) is 10.9 Å². The van der Waals surface area contributed by atoms with E-state index in [0.717, 1.165) is 47.7 Å². The molecule has 0 N–H and O–H groups in total. The minimum Gasteiger partial charge on any atom is -0.341 e. The van der Waals surface area contributed by atoms with Crippen molar-refractivity contribution in [2.24, 2.45) is 0 Å². The predicted octanol–water partition coefficient (Wildman–Crippen LogP) is 3.59. The highest BCUT2D eigenvalue weighted by molar-refractivity contribution is 7.98. The van der Waals surface area contributed by atoms with Gasteiger partial charge in [-0.05, 0) is 38.0 Å². The summed E-state index contributed by atoms with van der Waals surface area (Å²) in [7, 11) is 0. The van der Waals surface area contributed by atoms with E-state index in [-0.39, 0.29) is 5.56 Å². The second kappa shape index (κ2) is 8.01. The Kier molecular flexibility index (Phi) is 5.21. The Balaban J connectivity index is 1.49. The summed E-state index contributed by atoms with van der Waals surface area (Å²) < 4.78 is 3.37. The fourth-order valence-electron chi connectivity index (χ4n) is 3.48. The summed E-state index contributed by atoms with van der Waals surface area (Å²) in [6, 6.07) is 9.20. The molecule has 1 aliphatic rings. The van der Waals surface area contributed by atoms with E-state index < -0.39 is 0 Å². The molecule has 3 aromatic heterocycles. The first kappa shape index (κ1) is 19.5. The minimum atomic E-state index is -0.172. The lowest BCUT2D eigenvalue weighted by molar-refractivity contribution is 0.840. The molecule has 1 aromatic carbocycles. The van der Waals surface area contributed by atoms with Crippen LogP contribution in [-0.4, -0.2) is 42.5 Å². The highest BCUT2D eigenvalue weighted by Crippen LogP contribution is 2.31. The molecule has 0 radical (unpaired) electrons. The third-order valence-corrected chi connectivity index (χ3v) is 6.84. The molecule has 0 bridgehead atoms. The zero-order valence-electron chi connectivity index (χ0n) is 16.2. The van der Waals surface area contributed by atoms with Crippen molar-refractivity contribution in [2.75, 3.05) is 18.0 Å². The van der Waals surface area contributed by atoms with Crippen molar-refractivity contribution >= 4 is 45.6 Å². The summed E-state index contributed by atoms with van der Waals surface area (Å²) in [5.74, 6) is 1.32. The molecule has 0 aliphatic carbocycles. The van der Waals surface area contributed by atoms with E-state index in [2.05, 4.69) is 25.2 Å². The van der Waals surface area contributed by atoms with Crippen LogP contribution in [-0.2, 0) is 5.75 Å². The van der Waals surface area contributed by atoms with Gasteiger partial charge in [-0.1, -0.05) is 40.8 Å². The maximum Gasteiger partial charge on any atom is 0.275 e. The van der Waals surface area contributed by atoms with Gasteiger partial charge in [0, 0.05) is 29.9 Å². The number of aromatic nitrogens is 6. The van der Waals surface area contributed by atoms with Crippen molar-refractivity contribution < 1.29 is 0 Å². The molecule has 0 spiro atoms. The van der Waals surface area contributed by atoms with Gasteiger partial charge in [0.25, 0.3) is 5.56 Å². The molecule has 0 atom stereocenters. The van der Waals surface area contributed by atoms with E-state index >= 15 is 0 Å². The zero-order valence-corrected chi connectivity index (χ0v) is 18.5. The third kappa shape index (κ3) is 3.70. The van der Waals surface area contributed by atoms with Crippen LogP contribution in [0.5, 0.6) is 0 Å². The molecule has 0 unspecified atom stereocenters. The van der Waals surface area contributed by atoms with E-state index in [9.17, 15) is 4.79 Å². The first-order chi connectivity index (χ1) is 14.6. The Morgan fingerprint density at radius 3 is 2.83 bits per heavy atom. The fraction of sp³-hybridized carbons (Fsp3) is 0.316. The number of benzene rings is 1. The number of aryl methyl sites for hydroxylation is 1. The molecule has 4 heterocycles. The number of fused-ring (bicyclic) bond motifs is 1. The summed E-state index contributed by atoms with van der Waals surface area (Å²) in [5, 5.41) is 15.3. The molecule has 0 amide bonds. The van der Waals surface area contributed by atoms with Gasteiger partial charge >= 0.3 is 0 Å². The summed E-state index contributed by atoms with van der Waals surface area (Å²) in [5.41, 5.74) is 1.43. The van der Waals surface area contributed by atoms with Crippen LogP contribution in [0.3, 0.4) is 0 Å². The van der Waals surface area contributed by atoms with Crippen LogP contribution in [0.25, 0.3) is 10.6 Å². The maximum absolute atomic E-state index is 12.3. The largest absolute Gasteiger partial charge is 0.341 e. The normalized spacial score (nSPS) is 14.1. The fourth-order valence-corrected chi connectivity index (χ4v) is 5.27. The molecule has 30 heavy (non-hydrogen) atoms. The van der Waals surface area contributed by atoms with E-state index in [1.54, 1.807) is 0 Å². The lowest BCUT2D eigenvalue weighted by Crippen LogP contribution is -2.22. The summed E-state index contributed by atoms with van der Waals surface area (Å²) in [6.45, 7) is 3.78. The van der Waals surface area contributed by atoms with Gasteiger partial charge < -0.3 is 4.90 Å². The lowest BCUT2D eigenvalue weighted by Gasteiger charge is -2.18. The summed E-state index contributed by atoms with van der Waals surface area (Å²) in [6.07, 6.45) is 2.29. The van der Waals surface area contributed by atoms with Gasteiger partial charge in [0.05, 0.1) is 11.4 Å². The molecule has 11 heteroatoms. The van der Waals surface area contributed by atoms with Gasteiger partial charge in [0.15, 0.2) is 5.16 Å². The first-order valence-electron chi connectivity index (χ1n) is 9.54. The molecule has 4 aromatic rings. The van der Waals surface area contributed by atoms with Gasteiger partial charge in [-0.2, -0.15) is 9.61 Å². The average Bonchev–Trinajstić information content (AvgIpc) is 3.45. The maximum atomic E-state index is 12.3. The van der Waals surface area contributed by atoms with Crippen molar-refractivity contribution in [3.8, 4) is 5.69 Å². The van der Waals surface area contributed by atoms with Crippen LogP contribution in [0.1, 0.15) is 23.5 Å². The Morgan fingerprint density at radius 1 is 1.20 bits per heavy atom. The molecule has 8 nitrogen and oxygen atoms in total. The molecule has 154 valence electrons. The first-order valence-corrected chi connectivity index (χ1v) is 11.7.